The molecule has 2 aliphatic rings. The Morgan fingerprint density at radius 3 is 2.23 bits per heavy atom. The fourth-order valence-electron chi connectivity index (χ4n) is 4.89. The Labute approximate surface area is 170 Å². The van der Waals surface area contributed by atoms with E-state index in [1.807, 2.05) is 0 Å². The summed E-state index contributed by atoms with van der Waals surface area (Å²) in [6, 6.07) is 14.4. The lowest BCUT2D eigenvalue weighted by molar-refractivity contribution is 0.104. The molecule has 1 saturated heterocycles. The lowest BCUT2D eigenvalue weighted by atomic mass is 9.78. The van der Waals surface area contributed by atoms with Crippen molar-refractivity contribution in [2.45, 2.75) is 45.1 Å². The van der Waals surface area contributed by atoms with Gasteiger partial charge in [-0.2, -0.15) is 0 Å². The molecule has 2 aromatic carbocycles. The third-order valence-corrected chi connectivity index (χ3v) is 6.14. The van der Waals surface area contributed by atoms with Crippen molar-refractivity contribution < 1.29 is 0 Å². The molecule has 1 aliphatic carbocycles. The Balaban J connectivity index is 0.00000121. The van der Waals surface area contributed by atoms with Crippen LogP contribution in [0.2, 0.25) is 0 Å². The van der Waals surface area contributed by atoms with E-state index in [-0.39, 0.29) is 24.8 Å². The second kappa shape index (κ2) is 9.94. The third-order valence-electron chi connectivity index (χ3n) is 6.14. The van der Waals surface area contributed by atoms with Crippen molar-refractivity contribution in [3.63, 3.8) is 0 Å². The van der Waals surface area contributed by atoms with Crippen LogP contribution < -0.4 is 5.32 Å². The number of aryl methyl sites for hydroxylation is 1. The molecule has 144 valence electrons. The second-order valence-corrected chi connectivity index (χ2v) is 7.65. The Hall–Kier alpha value is -0.800. The highest BCUT2D eigenvalue weighted by molar-refractivity contribution is 5.89. The van der Waals surface area contributed by atoms with Crippen LogP contribution in [0.5, 0.6) is 0 Å². The average Bonchev–Trinajstić information content (AvgIpc) is 2.66. The molecule has 1 heterocycles. The van der Waals surface area contributed by atoms with Crippen molar-refractivity contribution in [2.24, 2.45) is 5.92 Å². The standard InChI is InChI=1S/C22H30N2.2ClH/c1-17-11-12-21(20-10-6-5-9-19(17)20)22(18-7-3-2-4-8-18)24-15-13-23-14-16-24;;/h5-6,9-12,18,22-23H,2-4,7-8,13-16H2,1H3;2*1H/t22-;;/m0../s1. The lowest BCUT2D eigenvalue weighted by Crippen LogP contribution is -2.47. The molecule has 1 saturated carbocycles. The van der Waals surface area contributed by atoms with E-state index in [9.17, 15) is 0 Å². The van der Waals surface area contributed by atoms with E-state index in [0.29, 0.717) is 6.04 Å². The Bertz CT molecular complexity index is 674. The van der Waals surface area contributed by atoms with Crippen LogP contribution in [-0.4, -0.2) is 31.1 Å². The minimum absolute atomic E-state index is 0. The van der Waals surface area contributed by atoms with E-state index in [2.05, 4.69) is 53.5 Å². The minimum atomic E-state index is 0. The minimum Gasteiger partial charge on any atom is -0.314 e. The van der Waals surface area contributed by atoms with E-state index in [0.717, 1.165) is 19.0 Å². The summed E-state index contributed by atoms with van der Waals surface area (Å²) in [7, 11) is 0. The summed E-state index contributed by atoms with van der Waals surface area (Å²) < 4.78 is 0. The van der Waals surface area contributed by atoms with Gasteiger partial charge in [0.2, 0.25) is 0 Å². The molecule has 1 N–H and O–H groups in total. The van der Waals surface area contributed by atoms with Gasteiger partial charge in [0, 0.05) is 32.2 Å². The number of hydrogen-bond donors (Lipinski definition) is 1. The van der Waals surface area contributed by atoms with Gasteiger partial charge < -0.3 is 5.32 Å². The lowest BCUT2D eigenvalue weighted by Gasteiger charge is -2.41. The van der Waals surface area contributed by atoms with Gasteiger partial charge in [-0.25, -0.2) is 0 Å². The van der Waals surface area contributed by atoms with Gasteiger partial charge >= 0.3 is 0 Å². The van der Waals surface area contributed by atoms with E-state index in [1.54, 1.807) is 5.56 Å². The van der Waals surface area contributed by atoms with Crippen molar-refractivity contribution >= 4 is 35.6 Å². The maximum absolute atomic E-state index is 3.53. The van der Waals surface area contributed by atoms with Gasteiger partial charge in [0.15, 0.2) is 0 Å². The first-order valence-electron chi connectivity index (χ1n) is 9.77. The second-order valence-electron chi connectivity index (χ2n) is 7.65. The van der Waals surface area contributed by atoms with Gasteiger partial charge in [0.1, 0.15) is 0 Å². The van der Waals surface area contributed by atoms with Crippen molar-refractivity contribution in [2.75, 3.05) is 26.2 Å². The summed E-state index contributed by atoms with van der Waals surface area (Å²) >= 11 is 0. The first-order chi connectivity index (χ1) is 11.8. The van der Waals surface area contributed by atoms with Crippen LogP contribution in [0.3, 0.4) is 0 Å². The number of hydrogen-bond acceptors (Lipinski definition) is 2. The normalized spacial score (nSPS) is 20.2. The first-order valence-corrected chi connectivity index (χ1v) is 9.77. The molecule has 2 fully saturated rings. The summed E-state index contributed by atoms with van der Waals surface area (Å²) in [6.07, 6.45) is 7.06. The Morgan fingerprint density at radius 2 is 1.54 bits per heavy atom. The van der Waals surface area contributed by atoms with Gasteiger partial charge in [-0.05, 0) is 47.6 Å². The highest BCUT2D eigenvalue weighted by atomic mass is 35.5. The van der Waals surface area contributed by atoms with Gasteiger partial charge in [0.25, 0.3) is 0 Å². The average molecular weight is 395 g/mol. The molecular weight excluding hydrogens is 363 g/mol. The first kappa shape index (κ1) is 21.5. The van der Waals surface area contributed by atoms with Crippen LogP contribution in [0.4, 0.5) is 0 Å². The zero-order valence-corrected chi connectivity index (χ0v) is 17.4. The number of rotatable bonds is 3. The largest absolute Gasteiger partial charge is 0.314 e. The molecule has 4 rings (SSSR count). The van der Waals surface area contributed by atoms with Gasteiger partial charge in [-0.3, -0.25) is 4.90 Å². The molecule has 0 spiro atoms. The zero-order chi connectivity index (χ0) is 16.4. The van der Waals surface area contributed by atoms with E-state index in [1.165, 1.54) is 61.5 Å². The molecule has 26 heavy (non-hydrogen) atoms. The topological polar surface area (TPSA) is 15.3 Å². The van der Waals surface area contributed by atoms with Crippen LogP contribution in [0.25, 0.3) is 10.8 Å². The maximum Gasteiger partial charge on any atom is 0.0383 e. The smallest absolute Gasteiger partial charge is 0.0383 e. The summed E-state index contributed by atoms with van der Waals surface area (Å²) in [4.78, 5) is 2.77. The number of halogens is 2. The molecular formula is C22H32Cl2N2. The molecule has 0 unspecified atom stereocenters. The van der Waals surface area contributed by atoms with E-state index >= 15 is 0 Å². The quantitative estimate of drug-likeness (QED) is 0.736. The van der Waals surface area contributed by atoms with Crippen LogP contribution in [0.15, 0.2) is 36.4 Å². The monoisotopic (exact) mass is 394 g/mol. The van der Waals surface area contributed by atoms with E-state index < -0.39 is 0 Å². The van der Waals surface area contributed by atoms with Crippen molar-refractivity contribution in [3.8, 4) is 0 Å². The molecule has 1 atom stereocenters. The van der Waals surface area contributed by atoms with Crippen LogP contribution in [0.1, 0.15) is 49.3 Å². The predicted octanol–water partition coefficient (Wildman–Crippen LogP) is 5.52. The fourth-order valence-corrected chi connectivity index (χ4v) is 4.89. The van der Waals surface area contributed by atoms with E-state index in [4.69, 9.17) is 0 Å². The number of nitrogens with zero attached hydrogens (tertiary/aromatic N) is 1. The van der Waals surface area contributed by atoms with Crippen molar-refractivity contribution in [1.29, 1.82) is 0 Å². The number of benzene rings is 2. The van der Waals surface area contributed by atoms with Crippen LogP contribution >= 0.6 is 24.8 Å². The Kier molecular flexibility index (Phi) is 8.22. The number of nitrogens with one attached hydrogen (secondary N) is 1. The zero-order valence-electron chi connectivity index (χ0n) is 15.7. The van der Waals surface area contributed by atoms with Crippen LogP contribution in [0, 0.1) is 12.8 Å². The molecule has 4 heteroatoms. The molecule has 0 bridgehead atoms. The molecule has 2 aromatic rings. The highest BCUT2D eigenvalue weighted by Crippen LogP contribution is 2.41. The van der Waals surface area contributed by atoms with Crippen molar-refractivity contribution in [3.05, 3.63) is 47.5 Å². The van der Waals surface area contributed by atoms with Gasteiger partial charge in [0.05, 0.1) is 0 Å². The molecule has 1 aliphatic heterocycles. The summed E-state index contributed by atoms with van der Waals surface area (Å²) in [5, 5.41) is 6.44. The van der Waals surface area contributed by atoms with Crippen LogP contribution in [-0.2, 0) is 0 Å². The summed E-state index contributed by atoms with van der Waals surface area (Å²) in [5.74, 6) is 0.822. The summed E-state index contributed by atoms with van der Waals surface area (Å²) in [5.41, 5.74) is 2.97. The molecule has 2 nitrogen and oxygen atoms in total. The highest BCUT2D eigenvalue weighted by Gasteiger charge is 2.31. The predicted molar refractivity (Wildman–Crippen MR) is 117 cm³/mol. The van der Waals surface area contributed by atoms with Gasteiger partial charge in [-0.1, -0.05) is 55.7 Å². The molecule has 0 amide bonds. The Morgan fingerprint density at radius 1 is 0.885 bits per heavy atom. The third kappa shape index (κ3) is 4.36. The SMILES string of the molecule is Cc1ccc([C@H](C2CCCCC2)N2CCNCC2)c2ccccc12.Cl.Cl. The summed E-state index contributed by atoms with van der Waals surface area (Å²) in [6.45, 7) is 6.87. The maximum atomic E-state index is 3.53. The molecule has 0 aromatic heterocycles. The van der Waals surface area contributed by atoms with Gasteiger partial charge in [-0.15, -0.1) is 24.8 Å². The van der Waals surface area contributed by atoms with Crippen molar-refractivity contribution in [1.82, 2.24) is 10.2 Å². The number of piperazine rings is 1. The number of fused-ring (bicyclic) bond motifs is 1. The molecule has 0 radical (unpaired) electrons. The fraction of sp³-hybridized carbons (Fsp3) is 0.545.